The van der Waals surface area contributed by atoms with Crippen molar-refractivity contribution in [3.05, 3.63) is 64.8 Å². The fraction of sp³-hybridized carbons (Fsp3) is 0.367. The number of benzene rings is 3. The van der Waals surface area contributed by atoms with Crippen molar-refractivity contribution in [2.24, 2.45) is 18.9 Å². The van der Waals surface area contributed by atoms with Crippen molar-refractivity contribution in [1.82, 2.24) is 0 Å². The van der Waals surface area contributed by atoms with Gasteiger partial charge in [-0.05, 0) is 77.4 Å². The smallest absolute Gasteiger partial charge is 0.228 e. The molecule has 0 bridgehead atoms. The van der Waals surface area contributed by atoms with Crippen LogP contribution in [0.1, 0.15) is 49.9 Å². The summed E-state index contributed by atoms with van der Waals surface area (Å²) in [6, 6.07) is 13.6. The fourth-order valence-electron chi connectivity index (χ4n) is 5.59. The second kappa shape index (κ2) is 7.62. The highest BCUT2D eigenvalue weighted by Crippen LogP contribution is 2.51. The first kappa shape index (κ1) is 21.0. The molecule has 0 spiro atoms. The van der Waals surface area contributed by atoms with E-state index >= 15 is 0 Å². The highest BCUT2D eigenvalue weighted by atomic mass is 16.5. The molecule has 5 rings (SSSR count). The Hall–Kier alpha value is -2.87. The first-order valence-electron chi connectivity index (χ1n) is 11.9. The molecule has 164 valence electrons. The van der Waals surface area contributed by atoms with Gasteiger partial charge >= 0.3 is 0 Å². The van der Waals surface area contributed by atoms with Gasteiger partial charge in [-0.1, -0.05) is 52.0 Å². The summed E-state index contributed by atoms with van der Waals surface area (Å²) in [6.07, 6.45) is 4.34. The van der Waals surface area contributed by atoms with E-state index in [0.717, 1.165) is 24.3 Å². The molecule has 2 nitrogen and oxygen atoms in total. The van der Waals surface area contributed by atoms with Crippen LogP contribution in [0.15, 0.2) is 42.6 Å². The summed E-state index contributed by atoms with van der Waals surface area (Å²) in [7, 11) is 2.16. The summed E-state index contributed by atoms with van der Waals surface area (Å²) >= 11 is 0. The average Bonchev–Trinajstić information content (AvgIpc) is 2.72. The molecular formula is C30H34NO+. The summed E-state index contributed by atoms with van der Waals surface area (Å²) in [5.41, 5.74) is 7.85. The fourth-order valence-corrected chi connectivity index (χ4v) is 5.59. The van der Waals surface area contributed by atoms with Gasteiger partial charge < -0.3 is 4.74 Å². The number of rotatable bonds is 4. The molecule has 3 aromatic carbocycles. The van der Waals surface area contributed by atoms with Crippen LogP contribution in [0.3, 0.4) is 0 Å². The van der Waals surface area contributed by atoms with Crippen molar-refractivity contribution in [2.45, 2.75) is 54.4 Å². The lowest BCUT2D eigenvalue weighted by Crippen LogP contribution is -2.32. The van der Waals surface area contributed by atoms with Crippen LogP contribution >= 0.6 is 0 Å². The van der Waals surface area contributed by atoms with E-state index in [4.69, 9.17) is 4.74 Å². The van der Waals surface area contributed by atoms with E-state index in [9.17, 15) is 0 Å². The van der Waals surface area contributed by atoms with Gasteiger partial charge in [0.1, 0.15) is 18.5 Å². The topological polar surface area (TPSA) is 13.1 Å². The van der Waals surface area contributed by atoms with E-state index in [1.165, 1.54) is 55.1 Å². The molecule has 0 saturated heterocycles. The van der Waals surface area contributed by atoms with Crippen LogP contribution in [-0.4, -0.2) is 0 Å². The summed E-state index contributed by atoms with van der Waals surface area (Å²) in [6.45, 7) is 13.6. The normalized spacial score (nSPS) is 12.7. The molecule has 0 aliphatic carbocycles. The van der Waals surface area contributed by atoms with Crippen molar-refractivity contribution in [3.8, 4) is 22.8 Å². The summed E-state index contributed by atoms with van der Waals surface area (Å²) in [5.74, 6) is 3.26. The molecule has 2 heteroatoms. The molecule has 0 amide bonds. The Kier molecular flexibility index (Phi) is 5.00. The SMILES string of the molecule is Cc1c2c(c(C)c3c(CC(C)C)cccc13)Oc1cc(CC(C)C)cc3cc[n+](C)c-2c13. The number of nitrogens with zero attached hydrogens (tertiary/aromatic N) is 1. The van der Waals surface area contributed by atoms with Crippen LogP contribution in [0.4, 0.5) is 0 Å². The zero-order chi connectivity index (χ0) is 22.7. The molecule has 32 heavy (non-hydrogen) atoms. The van der Waals surface area contributed by atoms with Gasteiger partial charge in [-0.3, -0.25) is 0 Å². The maximum absolute atomic E-state index is 6.79. The van der Waals surface area contributed by atoms with Crippen molar-refractivity contribution in [3.63, 3.8) is 0 Å². The number of fused-ring (bicyclic) bond motifs is 3. The van der Waals surface area contributed by atoms with E-state index in [0.29, 0.717) is 11.8 Å². The van der Waals surface area contributed by atoms with Gasteiger partial charge in [-0.25, -0.2) is 4.57 Å². The Morgan fingerprint density at radius 3 is 2.34 bits per heavy atom. The molecule has 1 aliphatic rings. The molecule has 2 heterocycles. The minimum atomic E-state index is 0.612. The zero-order valence-corrected chi connectivity index (χ0v) is 20.5. The Morgan fingerprint density at radius 1 is 0.875 bits per heavy atom. The van der Waals surface area contributed by atoms with Crippen LogP contribution in [0, 0.1) is 25.7 Å². The third kappa shape index (κ3) is 3.20. The minimum Gasteiger partial charge on any atom is -0.455 e. The Bertz CT molecular complexity index is 1380. The lowest BCUT2D eigenvalue weighted by Gasteiger charge is -2.25. The third-order valence-electron chi connectivity index (χ3n) is 6.85. The van der Waals surface area contributed by atoms with Crippen molar-refractivity contribution in [2.75, 3.05) is 0 Å². The maximum Gasteiger partial charge on any atom is 0.228 e. The molecule has 0 radical (unpaired) electrons. The van der Waals surface area contributed by atoms with E-state index in [-0.39, 0.29) is 0 Å². The van der Waals surface area contributed by atoms with Gasteiger partial charge in [0.05, 0.1) is 10.9 Å². The Morgan fingerprint density at radius 2 is 1.62 bits per heavy atom. The monoisotopic (exact) mass is 424 g/mol. The van der Waals surface area contributed by atoms with Gasteiger partial charge in [-0.15, -0.1) is 0 Å². The van der Waals surface area contributed by atoms with Crippen LogP contribution in [0.5, 0.6) is 11.5 Å². The van der Waals surface area contributed by atoms with Gasteiger partial charge in [0, 0.05) is 11.6 Å². The van der Waals surface area contributed by atoms with Crippen molar-refractivity contribution < 1.29 is 9.30 Å². The standard InChI is InChI=1S/C30H34NO/c1-17(2)13-21-15-23-11-12-31(7)29-27-19(5)24-10-8-9-22(14-18(3)4)26(24)20(6)30(27)32-25(16-21)28(23)29/h8-12,15-18H,13-14H2,1-7H3/q+1. The lowest BCUT2D eigenvalue weighted by atomic mass is 9.85. The molecule has 1 aliphatic heterocycles. The number of pyridine rings is 1. The van der Waals surface area contributed by atoms with Crippen LogP contribution in [0.25, 0.3) is 32.8 Å². The second-order valence-corrected chi connectivity index (χ2v) is 10.4. The van der Waals surface area contributed by atoms with Gasteiger partial charge in [0.2, 0.25) is 5.69 Å². The average molecular weight is 425 g/mol. The summed E-state index contributed by atoms with van der Waals surface area (Å²) in [5, 5.41) is 5.21. The third-order valence-corrected chi connectivity index (χ3v) is 6.85. The maximum atomic E-state index is 6.79. The van der Waals surface area contributed by atoms with Gasteiger partial charge in [0.25, 0.3) is 0 Å². The quantitative estimate of drug-likeness (QED) is 0.271. The van der Waals surface area contributed by atoms with E-state index in [2.05, 4.69) is 95.8 Å². The summed E-state index contributed by atoms with van der Waals surface area (Å²) < 4.78 is 9.06. The van der Waals surface area contributed by atoms with E-state index in [1.54, 1.807) is 0 Å². The number of hydrogen-bond donors (Lipinski definition) is 0. The Labute approximate surface area is 191 Å². The first-order chi connectivity index (χ1) is 15.3. The summed E-state index contributed by atoms with van der Waals surface area (Å²) in [4.78, 5) is 0. The highest BCUT2D eigenvalue weighted by molar-refractivity contribution is 6.07. The second-order valence-electron chi connectivity index (χ2n) is 10.4. The molecule has 0 fully saturated rings. The van der Waals surface area contributed by atoms with Crippen LogP contribution in [0.2, 0.25) is 0 Å². The predicted octanol–water partition coefficient (Wildman–Crippen LogP) is 7.60. The van der Waals surface area contributed by atoms with Gasteiger partial charge in [0.15, 0.2) is 6.20 Å². The zero-order valence-electron chi connectivity index (χ0n) is 20.5. The Balaban J connectivity index is 1.87. The minimum absolute atomic E-state index is 0.612. The van der Waals surface area contributed by atoms with Crippen LogP contribution in [-0.2, 0) is 19.9 Å². The molecule has 0 unspecified atom stereocenters. The number of aromatic nitrogens is 1. The van der Waals surface area contributed by atoms with E-state index < -0.39 is 0 Å². The van der Waals surface area contributed by atoms with Gasteiger partial charge in [-0.2, -0.15) is 0 Å². The highest BCUT2D eigenvalue weighted by Gasteiger charge is 2.32. The van der Waals surface area contributed by atoms with Crippen LogP contribution < -0.4 is 9.30 Å². The molecule has 4 aromatic rings. The first-order valence-corrected chi connectivity index (χ1v) is 11.9. The van der Waals surface area contributed by atoms with E-state index in [1.807, 2.05) is 0 Å². The molecular weight excluding hydrogens is 390 g/mol. The number of hydrogen-bond acceptors (Lipinski definition) is 1. The largest absolute Gasteiger partial charge is 0.455 e. The van der Waals surface area contributed by atoms with Crippen molar-refractivity contribution in [1.29, 1.82) is 0 Å². The number of aryl methyl sites for hydroxylation is 3. The molecule has 0 N–H and O–H groups in total. The lowest BCUT2D eigenvalue weighted by molar-refractivity contribution is -0.659. The molecule has 1 aromatic heterocycles. The molecule has 0 saturated carbocycles. The number of ether oxygens (including phenoxy) is 1. The predicted molar refractivity (Wildman–Crippen MR) is 135 cm³/mol. The molecule has 0 atom stereocenters. The van der Waals surface area contributed by atoms with Crippen molar-refractivity contribution >= 4 is 21.5 Å².